The van der Waals surface area contributed by atoms with Crippen LogP contribution in [0.25, 0.3) is 0 Å². The molecule has 17 heavy (non-hydrogen) atoms. The Labute approximate surface area is 105 Å². The second-order valence-electron chi connectivity index (χ2n) is 4.44. The van der Waals surface area contributed by atoms with E-state index in [1.54, 1.807) is 12.1 Å². The molecular weight excluding hydrogens is 240 g/mol. The molecule has 0 aromatic carbocycles. The van der Waals surface area contributed by atoms with E-state index in [2.05, 4.69) is 17.2 Å². The van der Waals surface area contributed by atoms with Gasteiger partial charge in [0.15, 0.2) is 5.69 Å². The van der Waals surface area contributed by atoms with E-state index in [1.807, 2.05) is 0 Å². The molecule has 1 aliphatic carbocycles. The number of nitrogens with zero attached hydrogens (tertiary/aromatic N) is 1. The fraction of sp³-hybridized carbons (Fsp3) is 0.500. The Hall–Kier alpha value is -1.29. The Morgan fingerprint density at radius 1 is 1.59 bits per heavy atom. The van der Waals surface area contributed by atoms with Crippen molar-refractivity contribution in [3.8, 4) is 0 Å². The third-order valence-corrected chi connectivity index (χ3v) is 3.73. The Balaban J connectivity index is 2.22. The van der Waals surface area contributed by atoms with Gasteiger partial charge in [-0.2, -0.15) is 0 Å². The summed E-state index contributed by atoms with van der Waals surface area (Å²) in [5.74, 6) is -0.508. The van der Waals surface area contributed by atoms with Crippen molar-refractivity contribution in [1.82, 2.24) is 4.98 Å². The van der Waals surface area contributed by atoms with Crippen LogP contribution in [0.3, 0.4) is 0 Å². The predicted octanol–water partition coefficient (Wildman–Crippen LogP) is 3.18. The number of carboxylic acids is 1. The SMILES string of the molecule is CCC1(Nc2ccc(Cl)c(C(=O)O)n2)CCC1. The van der Waals surface area contributed by atoms with Gasteiger partial charge in [0.05, 0.1) is 5.02 Å². The van der Waals surface area contributed by atoms with E-state index in [0.29, 0.717) is 5.82 Å². The van der Waals surface area contributed by atoms with Gasteiger partial charge in [-0.3, -0.25) is 0 Å². The second-order valence-corrected chi connectivity index (χ2v) is 4.85. The van der Waals surface area contributed by atoms with Crippen molar-refractivity contribution >= 4 is 23.4 Å². The van der Waals surface area contributed by atoms with Crippen molar-refractivity contribution in [2.24, 2.45) is 0 Å². The number of pyridine rings is 1. The molecule has 1 aromatic rings. The predicted molar refractivity (Wildman–Crippen MR) is 66.7 cm³/mol. The van der Waals surface area contributed by atoms with Crippen molar-refractivity contribution in [3.63, 3.8) is 0 Å². The minimum absolute atomic E-state index is 0.0939. The van der Waals surface area contributed by atoms with Gasteiger partial charge in [-0.15, -0.1) is 0 Å². The number of hydrogen-bond acceptors (Lipinski definition) is 3. The molecule has 0 saturated heterocycles. The maximum absolute atomic E-state index is 10.9. The molecular formula is C12H15ClN2O2. The normalized spacial score (nSPS) is 17.3. The Morgan fingerprint density at radius 3 is 2.76 bits per heavy atom. The summed E-state index contributed by atoms with van der Waals surface area (Å²) < 4.78 is 0. The summed E-state index contributed by atoms with van der Waals surface area (Å²) in [6, 6.07) is 3.30. The highest BCUT2D eigenvalue weighted by Crippen LogP contribution is 2.37. The Bertz CT molecular complexity index is 439. The maximum Gasteiger partial charge on any atom is 0.356 e. The number of nitrogens with one attached hydrogen (secondary N) is 1. The van der Waals surface area contributed by atoms with E-state index >= 15 is 0 Å². The fourth-order valence-electron chi connectivity index (χ4n) is 2.10. The number of anilines is 1. The zero-order valence-corrected chi connectivity index (χ0v) is 10.4. The molecule has 0 unspecified atom stereocenters. The van der Waals surface area contributed by atoms with Crippen molar-refractivity contribution in [2.75, 3.05) is 5.32 Å². The van der Waals surface area contributed by atoms with Crippen molar-refractivity contribution < 1.29 is 9.90 Å². The van der Waals surface area contributed by atoms with E-state index in [9.17, 15) is 4.79 Å². The summed E-state index contributed by atoms with van der Waals surface area (Å²) in [5, 5.41) is 12.4. The molecule has 1 aromatic heterocycles. The number of carbonyl (C=O) groups is 1. The Morgan fingerprint density at radius 2 is 2.29 bits per heavy atom. The maximum atomic E-state index is 10.9. The smallest absolute Gasteiger partial charge is 0.356 e. The first-order valence-corrected chi connectivity index (χ1v) is 6.12. The van der Waals surface area contributed by atoms with E-state index in [0.717, 1.165) is 19.3 Å². The largest absolute Gasteiger partial charge is 0.476 e. The summed E-state index contributed by atoms with van der Waals surface area (Å²) in [4.78, 5) is 15.0. The van der Waals surface area contributed by atoms with Gasteiger partial charge >= 0.3 is 5.97 Å². The molecule has 2 N–H and O–H groups in total. The first-order chi connectivity index (χ1) is 8.06. The zero-order chi connectivity index (χ0) is 12.5. The van der Waals surface area contributed by atoms with Crippen molar-refractivity contribution in [3.05, 3.63) is 22.8 Å². The molecule has 1 fully saturated rings. The highest BCUT2D eigenvalue weighted by atomic mass is 35.5. The van der Waals surface area contributed by atoms with Gasteiger partial charge in [-0.1, -0.05) is 18.5 Å². The average molecular weight is 255 g/mol. The number of halogens is 1. The van der Waals surface area contributed by atoms with E-state index in [1.165, 1.54) is 6.42 Å². The topological polar surface area (TPSA) is 62.2 Å². The number of aromatic nitrogens is 1. The van der Waals surface area contributed by atoms with Crippen molar-refractivity contribution in [1.29, 1.82) is 0 Å². The highest BCUT2D eigenvalue weighted by Gasteiger charge is 2.35. The monoisotopic (exact) mass is 254 g/mol. The number of rotatable bonds is 4. The molecule has 5 heteroatoms. The molecule has 4 nitrogen and oxygen atoms in total. The lowest BCUT2D eigenvalue weighted by Crippen LogP contribution is -2.44. The minimum atomic E-state index is -1.10. The fourth-order valence-corrected chi connectivity index (χ4v) is 2.29. The number of carboxylic acid groups (broad SMARTS) is 1. The third kappa shape index (κ3) is 2.36. The Kier molecular flexibility index (Phi) is 3.24. The zero-order valence-electron chi connectivity index (χ0n) is 9.66. The lowest BCUT2D eigenvalue weighted by atomic mass is 9.75. The van der Waals surface area contributed by atoms with Crippen LogP contribution in [0.4, 0.5) is 5.82 Å². The van der Waals surface area contributed by atoms with Gasteiger partial charge in [0.2, 0.25) is 0 Å². The van der Waals surface area contributed by atoms with Gasteiger partial charge in [-0.25, -0.2) is 9.78 Å². The van der Waals surface area contributed by atoms with Crippen LogP contribution in [0.5, 0.6) is 0 Å². The average Bonchev–Trinajstić information content (AvgIpc) is 2.25. The van der Waals surface area contributed by atoms with Crippen LogP contribution in [-0.4, -0.2) is 21.6 Å². The molecule has 92 valence electrons. The molecule has 0 amide bonds. The third-order valence-electron chi connectivity index (χ3n) is 3.43. The lowest BCUT2D eigenvalue weighted by molar-refractivity contribution is 0.0690. The molecule has 1 heterocycles. The summed E-state index contributed by atoms with van der Waals surface area (Å²) >= 11 is 5.77. The molecule has 0 aliphatic heterocycles. The number of hydrogen-bond donors (Lipinski definition) is 2. The van der Waals surface area contributed by atoms with Crippen LogP contribution < -0.4 is 5.32 Å². The lowest BCUT2D eigenvalue weighted by Gasteiger charge is -2.42. The van der Waals surface area contributed by atoms with Gasteiger partial charge in [0, 0.05) is 5.54 Å². The molecule has 1 saturated carbocycles. The first kappa shape index (κ1) is 12.2. The van der Waals surface area contributed by atoms with Crippen LogP contribution in [-0.2, 0) is 0 Å². The van der Waals surface area contributed by atoms with Gasteiger partial charge in [0.25, 0.3) is 0 Å². The second kappa shape index (κ2) is 4.53. The van der Waals surface area contributed by atoms with E-state index in [4.69, 9.17) is 16.7 Å². The van der Waals surface area contributed by atoms with Gasteiger partial charge < -0.3 is 10.4 Å². The highest BCUT2D eigenvalue weighted by molar-refractivity contribution is 6.33. The molecule has 0 radical (unpaired) electrons. The van der Waals surface area contributed by atoms with Gasteiger partial charge in [-0.05, 0) is 37.8 Å². The summed E-state index contributed by atoms with van der Waals surface area (Å²) in [7, 11) is 0. The van der Waals surface area contributed by atoms with Crippen LogP contribution in [0, 0.1) is 0 Å². The van der Waals surface area contributed by atoms with Crippen LogP contribution in [0.15, 0.2) is 12.1 Å². The van der Waals surface area contributed by atoms with Crippen molar-refractivity contribution in [2.45, 2.75) is 38.1 Å². The molecule has 0 spiro atoms. The summed E-state index contributed by atoms with van der Waals surface area (Å²) in [6.45, 7) is 2.13. The molecule has 0 bridgehead atoms. The van der Waals surface area contributed by atoms with Crippen LogP contribution in [0.1, 0.15) is 43.1 Å². The molecule has 1 aliphatic rings. The summed E-state index contributed by atoms with van der Waals surface area (Å²) in [6.07, 6.45) is 4.44. The van der Waals surface area contributed by atoms with E-state index < -0.39 is 5.97 Å². The minimum Gasteiger partial charge on any atom is -0.476 e. The van der Waals surface area contributed by atoms with Gasteiger partial charge in [0.1, 0.15) is 5.82 Å². The summed E-state index contributed by atoms with van der Waals surface area (Å²) in [5.41, 5.74) is -0.00129. The number of aromatic carboxylic acids is 1. The quantitative estimate of drug-likeness (QED) is 0.866. The van der Waals surface area contributed by atoms with Crippen LogP contribution >= 0.6 is 11.6 Å². The molecule has 0 atom stereocenters. The standard InChI is InChI=1S/C12H15ClN2O2/c1-2-12(6-3-7-12)15-9-5-4-8(13)10(14-9)11(16)17/h4-5H,2-3,6-7H2,1H3,(H,14,15)(H,16,17). The van der Waals surface area contributed by atoms with E-state index in [-0.39, 0.29) is 16.3 Å². The first-order valence-electron chi connectivity index (χ1n) is 5.74. The van der Waals surface area contributed by atoms with Crippen LogP contribution in [0.2, 0.25) is 5.02 Å². The molecule has 2 rings (SSSR count).